The van der Waals surface area contributed by atoms with E-state index in [0.717, 1.165) is 16.8 Å². The van der Waals surface area contributed by atoms with Crippen LogP contribution in [0.25, 0.3) is 0 Å². The number of hydrogen-bond donors (Lipinski definition) is 1. The third kappa shape index (κ3) is 3.95. The van der Waals surface area contributed by atoms with Gasteiger partial charge in [-0.15, -0.1) is 0 Å². The first-order valence-corrected chi connectivity index (χ1v) is 11.8. The number of fused-ring (bicyclic) bond motifs is 1. The maximum absolute atomic E-state index is 13.4. The fraction of sp³-hybridized carbons (Fsp3) is 0.409. The van der Waals surface area contributed by atoms with Crippen LogP contribution in [0, 0.1) is 6.92 Å². The van der Waals surface area contributed by atoms with Gasteiger partial charge < -0.3 is 10.2 Å². The predicted molar refractivity (Wildman–Crippen MR) is 117 cm³/mol. The van der Waals surface area contributed by atoms with E-state index in [1.807, 2.05) is 19.9 Å². The van der Waals surface area contributed by atoms with Crippen LogP contribution in [0.1, 0.15) is 37.8 Å². The third-order valence-electron chi connectivity index (χ3n) is 5.89. The van der Waals surface area contributed by atoms with Gasteiger partial charge in [0.15, 0.2) is 0 Å². The molecule has 3 heterocycles. The lowest BCUT2D eigenvalue weighted by Crippen LogP contribution is -2.43. The van der Waals surface area contributed by atoms with E-state index in [4.69, 9.17) is 0 Å². The van der Waals surface area contributed by atoms with E-state index in [1.54, 1.807) is 29.3 Å². The number of sulfonamides is 1. The van der Waals surface area contributed by atoms with Crippen molar-refractivity contribution in [2.45, 2.75) is 57.0 Å². The van der Waals surface area contributed by atoms with Gasteiger partial charge in [0, 0.05) is 31.4 Å². The van der Waals surface area contributed by atoms with Crippen molar-refractivity contribution in [3.8, 4) is 0 Å². The molecule has 164 valence electrons. The number of anilines is 2. The average Bonchev–Trinajstić information content (AvgIpc) is 3.31. The van der Waals surface area contributed by atoms with Crippen LogP contribution in [0.4, 0.5) is 11.5 Å². The Balaban J connectivity index is 1.59. The van der Waals surface area contributed by atoms with Gasteiger partial charge in [-0.1, -0.05) is 0 Å². The van der Waals surface area contributed by atoms with Gasteiger partial charge in [-0.05, 0) is 74.6 Å². The van der Waals surface area contributed by atoms with Crippen LogP contribution >= 0.6 is 0 Å². The fourth-order valence-corrected chi connectivity index (χ4v) is 6.19. The average molecular weight is 443 g/mol. The maximum atomic E-state index is 13.4. The van der Waals surface area contributed by atoms with E-state index in [1.165, 1.54) is 17.3 Å². The third-order valence-corrected chi connectivity index (χ3v) is 7.79. The summed E-state index contributed by atoms with van der Waals surface area (Å²) in [5, 5.41) is 2.74. The lowest BCUT2D eigenvalue weighted by molar-refractivity contribution is -0.119. The monoisotopic (exact) mass is 442 g/mol. The van der Waals surface area contributed by atoms with Gasteiger partial charge in [-0.2, -0.15) is 4.31 Å². The van der Waals surface area contributed by atoms with E-state index in [-0.39, 0.29) is 29.3 Å². The molecule has 2 aliphatic rings. The Hall–Kier alpha value is -2.78. The van der Waals surface area contributed by atoms with Crippen LogP contribution in [0.2, 0.25) is 0 Å². The summed E-state index contributed by atoms with van der Waals surface area (Å²) in [6.45, 7) is 5.63. The molecule has 0 unspecified atom stereocenters. The van der Waals surface area contributed by atoms with Crippen molar-refractivity contribution in [3.63, 3.8) is 0 Å². The molecule has 1 fully saturated rings. The molecule has 2 aromatic rings. The van der Waals surface area contributed by atoms with E-state index < -0.39 is 16.1 Å². The highest BCUT2D eigenvalue weighted by Gasteiger charge is 2.40. The normalized spacial score (nSPS) is 21.2. The summed E-state index contributed by atoms with van der Waals surface area (Å²) < 4.78 is 28.1. The van der Waals surface area contributed by atoms with Gasteiger partial charge in [-0.25, -0.2) is 13.4 Å². The largest absolute Gasteiger partial charge is 0.309 e. The van der Waals surface area contributed by atoms with E-state index in [2.05, 4.69) is 10.3 Å². The number of carbonyl (C=O) groups is 2. The molecule has 2 amide bonds. The number of rotatable bonds is 4. The first-order valence-electron chi connectivity index (χ1n) is 10.4. The molecule has 0 spiro atoms. The summed E-state index contributed by atoms with van der Waals surface area (Å²) in [6, 6.07) is 7.62. The standard InChI is InChI=1S/C22H26N4O4S/c1-14-8-9-23-21(11-14)24-22(28)20-5-4-10-25(20)31(29,30)18-6-7-19-17(13-18)12-15(2)26(19)16(3)27/h6-9,11,13,15,20H,4-5,10,12H2,1-3H3,(H,23,24,28)/t15-,20+/m0/s1. The van der Waals surface area contributed by atoms with E-state index >= 15 is 0 Å². The van der Waals surface area contributed by atoms with Gasteiger partial charge in [0.25, 0.3) is 0 Å². The number of nitrogens with one attached hydrogen (secondary N) is 1. The number of aromatic nitrogens is 1. The molecule has 0 bridgehead atoms. The van der Waals surface area contributed by atoms with Crippen molar-refractivity contribution in [1.82, 2.24) is 9.29 Å². The number of pyridine rings is 1. The Morgan fingerprint density at radius 3 is 2.68 bits per heavy atom. The number of nitrogens with zero attached hydrogens (tertiary/aromatic N) is 3. The van der Waals surface area contributed by atoms with Gasteiger partial charge >= 0.3 is 0 Å². The number of benzene rings is 1. The van der Waals surface area contributed by atoms with Crippen molar-refractivity contribution in [3.05, 3.63) is 47.7 Å². The van der Waals surface area contributed by atoms with Crippen molar-refractivity contribution in [2.75, 3.05) is 16.8 Å². The predicted octanol–water partition coefficient (Wildman–Crippen LogP) is 2.48. The molecule has 0 saturated carbocycles. The van der Waals surface area contributed by atoms with Crippen LogP contribution in [0.5, 0.6) is 0 Å². The minimum atomic E-state index is -3.86. The number of hydrogen-bond acceptors (Lipinski definition) is 5. The molecule has 31 heavy (non-hydrogen) atoms. The second-order valence-corrected chi connectivity index (χ2v) is 10.1. The van der Waals surface area contributed by atoms with E-state index in [0.29, 0.717) is 25.1 Å². The Morgan fingerprint density at radius 1 is 1.19 bits per heavy atom. The molecule has 2 aliphatic heterocycles. The van der Waals surface area contributed by atoms with Gasteiger partial charge in [-0.3, -0.25) is 9.59 Å². The quantitative estimate of drug-likeness (QED) is 0.784. The lowest BCUT2D eigenvalue weighted by atomic mass is 10.1. The minimum Gasteiger partial charge on any atom is -0.309 e. The van der Waals surface area contributed by atoms with E-state index in [9.17, 15) is 18.0 Å². The van der Waals surface area contributed by atoms with Crippen LogP contribution in [0.15, 0.2) is 41.4 Å². The molecular formula is C22H26N4O4S. The molecule has 1 saturated heterocycles. The highest BCUT2D eigenvalue weighted by molar-refractivity contribution is 7.89. The molecule has 1 aromatic carbocycles. The van der Waals surface area contributed by atoms with Crippen LogP contribution in [-0.2, 0) is 26.0 Å². The highest BCUT2D eigenvalue weighted by atomic mass is 32.2. The Bertz CT molecular complexity index is 1150. The minimum absolute atomic E-state index is 0.0161. The Labute approximate surface area is 182 Å². The maximum Gasteiger partial charge on any atom is 0.243 e. The van der Waals surface area contributed by atoms with Gasteiger partial charge in [0.1, 0.15) is 11.9 Å². The zero-order valence-corrected chi connectivity index (χ0v) is 18.6. The molecule has 2 atom stereocenters. The highest BCUT2D eigenvalue weighted by Crippen LogP contribution is 2.35. The molecule has 1 aromatic heterocycles. The Kier molecular flexibility index (Phi) is 5.57. The molecule has 9 heteroatoms. The fourth-order valence-electron chi connectivity index (χ4n) is 4.49. The number of carbonyl (C=O) groups excluding carboxylic acids is 2. The molecule has 4 rings (SSSR count). The SMILES string of the molecule is CC(=O)N1c2ccc(S(=O)(=O)N3CCC[C@@H]3C(=O)Nc3cc(C)ccn3)cc2C[C@@H]1C. The number of amides is 2. The summed E-state index contributed by atoms with van der Waals surface area (Å²) in [7, 11) is -3.86. The molecule has 1 N–H and O–H groups in total. The summed E-state index contributed by atoms with van der Waals surface area (Å²) in [5.41, 5.74) is 2.53. The lowest BCUT2D eigenvalue weighted by Gasteiger charge is -2.24. The van der Waals surface area contributed by atoms with Crippen molar-refractivity contribution < 1.29 is 18.0 Å². The smallest absolute Gasteiger partial charge is 0.243 e. The molecule has 0 aliphatic carbocycles. The summed E-state index contributed by atoms with van der Waals surface area (Å²) in [4.78, 5) is 30.8. The van der Waals surface area contributed by atoms with Crippen LogP contribution < -0.4 is 10.2 Å². The van der Waals surface area contributed by atoms with Crippen LogP contribution in [-0.4, -0.2) is 48.1 Å². The second kappa shape index (κ2) is 8.05. The Morgan fingerprint density at radius 2 is 1.97 bits per heavy atom. The first-order chi connectivity index (χ1) is 14.7. The second-order valence-electron chi connectivity index (χ2n) is 8.21. The summed E-state index contributed by atoms with van der Waals surface area (Å²) in [6.07, 6.45) is 3.26. The topological polar surface area (TPSA) is 99.7 Å². The van der Waals surface area contributed by atoms with Crippen molar-refractivity contribution >= 4 is 33.3 Å². The van der Waals surface area contributed by atoms with Crippen LogP contribution in [0.3, 0.4) is 0 Å². The number of aryl methyl sites for hydroxylation is 1. The first kappa shape index (κ1) is 21.5. The van der Waals surface area contributed by atoms with Crippen molar-refractivity contribution in [2.24, 2.45) is 0 Å². The molecule has 8 nitrogen and oxygen atoms in total. The summed E-state index contributed by atoms with van der Waals surface area (Å²) >= 11 is 0. The zero-order valence-electron chi connectivity index (χ0n) is 17.8. The van der Waals surface area contributed by atoms with Gasteiger partial charge in [0.2, 0.25) is 21.8 Å². The summed E-state index contributed by atoms with van der Waals surface area (Å²) in [5.74, 6) is -0.0373. The van der Waals surface area contributed by atoms with Gasteiger partial charge in [0.05, 0.1) is 4.90 Å². The van der Waals surface area contributed by atoms with Crippen molar-refractivity contribution in [1.29, 1.82) is 0 Å². The zero-order chi connectivity index (χ0) is 22.3. The molecule has 0 radical (unpaired) electrons. The molecular weight excluding hydrogens is 416 g/mol.